The Kier molecular flexibility index (Phi) is 3.67. The van der Waals surface area contributed by atoms with E-state index in [1.165, 1.54) is 0 Å². The molecule has 6 nitrogen and oxygen atoms in total. The SMILES string of the molecule is O=[N+]([O-])c1ccnc(NCC(F)(F)CO)c1. The summed E-state index contributed by atoms with van der Waals surface area (Å²) in [7, 11) is 0. The van der Waals surface area contributed by atoms with Crippen LogP contribution in [-0.4, -0.2) is 34.1 Å². The van der Waals surface area contributed by atoms with E-state index in [1.807, 2.05) is 0 Å². The van der Waals surface area contributed by atoms with Gasteiger partial charge in [0.2, 0.25) is 0 Å². The Morgan fingerprint density at radius 3 is 2.88 bits per heavy atom. The molecule has 88 valence electrons. The summed E-state index contributed by atoms with van der Waals surface area (Å²) in [4.78, 5) is 13.3. The van der Waals surface area contributed by atoms with Crippen LogP contribution in [0.15, 0.2) is 18.3 Å². The largest absolute Gasteiger partial charge is 0.390 e. The van der Waals surface area contributed by atoms with Crippen molar-refractivity contribution in [2.24, 2.45) is 0 Å². The molecule has 0 unspecified atom stereocenters. The smallest absolute Gasteiger partial charge is 0.287 e. The first-order valence-electron chi connectivity index (χ1n) is 4.27. The van der Waals surface area contributed by atoms with Gasteiger partial charge >= 0.3 is 0 Å². The molecule has 0 saturated heterocycles. The summed E-state index contributed by atoms with van der Waals surface area (Å²) in [5.74, 6) is -3.32. The zero-order valence-corrected chi connectivity index (χ0v) is 8.06. The third kappa shape index (κ3) is 3.39. The highest BCUT2D eigenvalue weighted by Gasteiger charge is 2.27. The zero-order chi connectivity index (χ0) is 12.2. The first kappa shape index (κ1) is 12.2. The lowest BCUT2D eigenvalue weighted by atomic mass is 10.3. The molecule has 2 N–H and O–H groups in total. The molecule has 0 atom stereocenters. The predicted octanol–water partition coefficient (Wildman–Crippen LogP) is 1.03. The molecule has 1 aromatic heterocycles. The number of hydrogen-bond acceptors (Lipinski definition) is 5. The number of alkyl halides is 2. The highest BCUT2D eigenvalue weighted by molar-refractivity contribution is 5.44. The molecule has 16 heavy (non-hydrogen) atoms. The van der Waals surface area contributed by atoms with Gasteiger partial charge in [-0.2, -0.15) is 0 Å². The summed E-state index contributed by atoms with van der Waals surface area (Å²) in [6, 6.07) is 2.18. The molecule has 0 aromatic carbocycles. The Hall–Kier alpha value is -1.83. The molecule has 0 radical (unpaired) electrons. The van der Waals surface area contributed by atoms with Crippen molar-refractivity contribution in [3.8, 4) is 0 Å². The van der Waals surface area contributed by atoms with E-state index in [2.05, 4.69) is 10.3 Å². The minimum absolute atomic E-state index is 0.0395. The number of nitro groups is 1. The standard InChI is InChI=1S/C8H9F2N3O3/c9-8(10,5-14)4-12-7-3-6(13(15)16)1-2-11-7/h1-3,14H,4-5H2,(H,11,12). The molecule has 0 bridgehead atoms. The predicted molar refractivity (Wildman–Crippen MR) is 51.4 cm³/mol. The molecule has 0 spiro atoms. The van der Waals surface area contributed by atoms with Gasteiger partial charge in [0.1, 0.15) is 12.4 Å². The Morgan fingerprint density at radius 2 is 2.31 bits per heavy atom. The van der Waals surface area contributed by atoms with E-state index in [0.29, 0.717) is 0 Å². The van der Waals surface area contributed by atoms with Gasteiger partial charge in [0.25, 0.3) is 11.6 Å². The number of nitrogens with one attached hydrogen (secondary N) is 1. The van der Waals surface area contributed by atoms with Gasteiger partial charge in [-0.1, -0.05) is 0 Å². The summed E-state index contributed by atoms with van der Waals surface area (Å²) in [6.45, 7) is -2.13. The second kappa shape index (κ2) is 4.79. The summed E-state index contributed by atoms with van der Waals surface area (Å²) >= 11 is 0. The first-order valence-corrected chi connectivity index (χ1v) is 4.27. The number of aromatic nitrogens is 1. The first-order chi connectivity index (χ1) is 7.44. The topological polar surface area (TPSA) is 88.3 Å². The third-order valence-corrected chi connectivity index (χ3v) is 1.71. The van der Waals surface area contributed by atoms with Crippen LogP contribution in [0.5, 0.6) is 0 Å². The van der Waals surface area contributed by atoms with Gasteiger partial charge < -0.3 is 10.4 Å². The van der Waals surface area contributed by atoms with Crippen LogP contribution in [0.25, 0.3) is 0 Å². The molecule has 0 aliphatic rings. The van der Waals surface area contributed by atoms with Gasteiger partial charge in [-0.15, -0.1) is 0 Å². The normalized spacial score (nSPS) is 11.2. The lowest BCUT2D eigenvalue weighted by Gasteiger charge is -2.13. The van der Waals surface area contributed by atoms with E-state index in [-0.39, 0.29) is 11.5 Å². The Bertz CT molecular complexity index is 387. The van der Waals surface area contributed by atoms with Crippen LogP contribution in [0.3, 0.4) is 0 Å². The monoisotopic (exact) mass is 233 g/mol. The minimum Gasteiger partial charge on any atom is -0.390 e. The van der Waals surface area contributed by atoms with E-state index in [1.54, 1.807) is 0 Å². The van der Waals surface area contributed by atoms with Gasteiger partial charge in [0, 0.05) is 12.3 Å². The van der Waals surface area contributed by atoms with E-state index >= 15 is 0 Å². The zero-order valence-electron chi connectivity index (χ0n) is 8.06. The van der Waals surface area contributed by atoms with Gasteiger partial charge in [-0.25, -0.2) is 13.8 Å². The molecule has 1 aromatic rings. The molecular weight excluding hydrogens is 224 g/mol. The molecule has 1 rings (SSSR count). The number of anilines is 1. The maximum atomic E-state index is 12.6. The second-order valence-corrected chi connectivity index (χ2v) is 3.02. The Morgan fingerprint density at radius 1 is 1.62 bits per heavy atom. The Labute approximate surface area is 89.1 Å². The van der Waals surface area contributed by atoms with Crippen molar-refractivity contribution in [1.29, 1.82) is 0 Å². The fraction of sp³-hybridized carbons (Fsp3) is 0.375. The highest BCUT2D eigenvalue weighted by Crippen LogP contribution is 2.17. The molecule has 0 aliphatic heterocycles. The average molecular weight is 233 g/mol. The van der Waals surface area contributed by atoms with Gasteiger partial charge in [0.05, 0.1) is 17.5 Å². The van der Waals surface area contributed by atoms with Crippen LogP contribution in [0.1, 0.15) is 0 Å². The van der Waals surface area contributed by atoms with Crippen LogP contribution in [0.4, 0.5) is 20.3 Å². The van der Waals surface area contributed by atoms with Crippen molar-refractivity contribution in [2.75, 3.05) is 18.5 Å². The quantitative estimate of drug-likeness (QED) is 0.585. The van der Waals surface area contributed by atoms with Crippen molar-refractivity contribution in [2.45, 2.75) is 5.92 Å². The van der Waals surface area contributed by atoms with Crippen LogP contribution < -0.4 is 5.32 Å². The lowest BCUT2D eigenvalue weighted by molar-refractivity contribution is -0.384. The molecule has 1 heterocycles. The lowest BCUT2D eigenvalue weighted by Crippen LogP contribution is -2.31. The van der Waals surface area contributed by atoms with E-state index in [4.69, 9.17) is 5.11 Å². The average Bonchev–Trinajstić information content (AvgIpc) is 2.27. The summed E-state index contributed by atoms with van der Waals surface area (Å²) in [6.07, 6.45) is 1.14. The Balaban J connectivity index is 2.68. The molecule has 0 aliphatic carbocycles. The highest BCUT2D eigenvalue weighted by atomic mass is 19.3. The molecule has 0 saturated carbocycles. The van der Waals surface area contributed by atoms with Crippen molar-refractivity contribution in [3.63, 3.8) is 0 Å². The molecule has 0 amide bonds. The second-order valence-electron chi connectivity index (χ2n) is 3.02. The minimum atomic E-state index is -3.29. The summed E-state index contributed by atoms with van der Waals surface area (Å²) in [5, 5.41) is 20.9. The number of pyridine rings is 1. The maximum absolute atomic E-state index is 12.6. The molecule has 8 heteroatoms. The summed E-state index contributed by atoms with van der Waals surface area (Å²) < 4.78 is 25.2. The number of aliphatic hydroxyl groups excluding tert-OH is 1. The van der Waals surface area contributed by atoms with Gasteiger partial charge in [0.15, 0.2) is 0 Å². The van der Waals surface area contributed by atoms with E-state index < -0.39 is 24.0 Å². The number of halogens is 2. The fourth-order valence-corrected chi connectivity index (χ4v) is 0.905. The third-order valence-electron chi connectivity index (χ3n) is 1.71. The van der Waals surface area contributed by atoms with Crippen LogP contribution in [0.2, 0.25) is 0 Å². The molecule has 0 fully saturated rings. The number of hydrogen-bond donors (Lipinski definition) is 2. The maximum Gasteiger partial charge on any atom is 0.287 e. The van der Waals surface area contributed by atoms with E-state index in [9.17, 15) is 18.9 Å². The fourth-order valence-electron chi connectivity index (χ4n) is 0.905. The number of rotatable bonds is 5. The van der Waals surface area contributed by atoms with Crippen molar-refractivity contribution >= 4 is 11.5 Å². The van der Waals surface area contributed by atoms with Crippen LogP contribution >= 0.6 is 0 Å². The van der Waals surface area contributed by atoms with Gasteiger partial charge in [-0.05, 0) is 0 Å². The van der Waals surface area contributed by atoms with Crippen molar-refractivity contribution in [1.82, 2.24) is 4.98 Å². The van der Waals surface area contributed by atoms with Gasteiger partial charge in [-0.3, -0.25) is 10.1 Å². The summed E-state index contributed by atoms with van der Waals surface area (Å²) in [5.41, 5.74) is -0.246. The van der Waals surface area contributed by atoms with E-state index in [0.717, 1.165) is 18.3 Å². The van der Waals surface area contributed by atoms with Crippen LogP contribution in [-0.2, 0) is 0 Å². The number of aliphatic hydroxyl groups is 1. The van der Waals surface area contributed by atoms with Crippen LogP contribution in [0, 0.1) is 10.1 Å². The van der Waals surface area contributed by atoms with Crippen molar-refractivity contribution < 1.29 is 18.8 Å². The van der Waals surface area contributed by atoms with Crippen molar-refractivity contribution in [3.05, 3.63) is 28.4 Å². The molecular formula is C8H9F2N3O3. The number of nitrogens with zero attached hydrogens (tertiary/aromatic N) is 2.